The Morgan fingerprint density at radius 3 is 2.87 bits per heavy atom. The van der Waals surface area contributed by atoms with Crippen molar-refractivity contribution in [1.82, 2.24) is 4.90 Å². The lowest BCUT2D eigenvalue weighted by Crippen LogP contribution is -2.27. The lowest BCUT2D eigenvalue weighted by molar-refractivity contribution is -0.129. The van der Waals surface area contributed by atoms with E-state index in [0.29, 0.717) is 13.0 Å². The first kappa shape index (κ1) is 16.1. The molecule has 0 saturated heterocycles. The van der Waals surface area contributed by atoms with E-state index in [0.717, 1.165) is 30.9 Å². The van der Waals surface area contributed by atoms with Gasteiger partial charge in [0.2, 0.25) is 5.91 Å². The van der Waals surface area contributed by atoms with Crippen molar-refractivity contribution in [1.29, 1.82) is 0 Å². The summed E-state index contributed by atoms with van der Waals surface area (Å²) in [5.41, 5.74) is 1.63. The van der Waals surface area contributed by atoms with Gasteiger partial charge in [0.05, 0.1) is 30.1 Å². The molecule has 0 aliphatic carbocycles. The minimum atomic E-state index is 0.0630. The summed E-state index contributed by atoms with van der Waals surface area (Å²) in [4.78, 5) is 15.3. The molecule has 0 radical (unpaired) electrons. The topological polar surface area (TPSA) is 42.7 Å². The van der Waals surface area contributed by atoms with Crippen LogP contribution in [-0.2, 0) is 17.8 Å². The number of amides is 1. The molecule has 2 aromatic heterocycles. The largest absolute Gasteiger partial charge is 0.497 e. The van der Waals surface area contributed by atoms with Gasteiger partial charge in [0.25, 0.3) is 0 Å². The molecule has 0 fully saturated rings. The maximum atomic E-state index is 12.4. The molecule has 120 valence electrons. The number of nitrogens with zero attached hydrogens (tertiary/aromatic N) is 1. The lowest BCUT2D eigenvalue weighted by atomic mass is 10.1. The molecule has 0 unspecified atom stereocenters. The van der Waals surface area contributed by atoms with E-state index in [1.807, 2.05) is 37.4 Å². The summed E-state index contributed by atoms with van der Waals surface area (Å²) in [6, 6.07) is 9.65. The summed E-state index contributed by atoms with van der Waals surface area (Å²) in [5.74, 6) is 0.804. The van der Waals surface area contributed by atoms with Crippen molar-refractivity contribution >= 4 is 44.1 Å². The molecule has 0 atom stereocenters. The average molecular weight is 394 g/mol. The lowest BCUT2D eigenvalue weighted by Gasteiger charge is -2.15. The third kappa shape index (κ3) is 3.59. The van der Waals surface area contributed by atoms with Crippen molar-refractivity contribution in [3.8, 4) is 5.75 Å². The maximum Gasteiger partial charge on any atom is 0.227 e. The molecule has 3 rings (SSSR count). The van der Waals surface area contributed by atoms with Crippen molar-refractivity contribution < 1.29 is 13.9 Å². The van der Waals surface area contributed by atoms with Gasteiger partial charge < -0.3 is 14.1 Å². The van der Waals surface area contributed by atoms with E-state index in [1.165, 1.54) is 0 Å². The second-order valence-corrected chi connectivity index (χ2v) is 7.80. The predicted molar refractivity (Wildman–Crippen MR) is 95.0 cm³/mol. The molecule has 0 aliphatic heterocycles. The van der Waals surface area contributed by atoms with Gasteiger partial charge >= 0.3 is 0 Å². The smallest absolute Gasteiger partial charge is 0.227 e. The fourth-order valence-corrected chi connectivity index (χ4v) is 3.92. The van der Waals surface area contributed by atoms with E-state index in [1.54, 1.807) is 29.6 Å². The second-order valence-electron chi connectivity index (χ2n) is 5.26. The summed E-state index contributed by atoms with van der Waals surface area (Å²) >= 11 is 5.08. The second kappa shape index (κ2) is 6.76. The maximum absolute atomic E-state index is 12.4. The Labute approximate surface area is 146 Å². The zero-order valence-corrected chi connectivity index (χ0v) is 15.2. The van der Waals surface area contributed by atoms with Gasteiger partial charge in [0.15, 0.2) is 0 Å². The van der Waals surface area contributed by atoms with Gasteiger partial charge in [-0.1, -0.05) is 0 Å². The molecule has 1 aromatic carbocycles. The third-order valence-electron chi connectivity index (χ3n) is 3.65. The van der Waals surface area contributed by atoms with Crippen molar-refractivity contribution in [2.45, 2.75) is 13.0 Å². The van der Waals surface area contributed by atoms with Crippen LogP contribution in [0.15, 0.2) is 44.8 Å². The van der Waals surface area contributed by atoms with Gasteiger partial charge in [-0.25, -0.2) is 0 Å². The fourth-order valence-electron chi connectivity index (χ4n) is 2.38. The number of carbonyl (C=O) groups is 1. The van der Waals surface area contributed by atoms with Crippen LogP contribution in [0.3, 0.4) is 0 Å². The number of likely N-dealkylation sites (N-methyl/N-ethyl adjacent to an activating group) is 1. The van der Waals surface area contributed by atoms with E-state index in [4.69, 9.17) is 9.15 Å². The van der Waals surface area contributed by atoms with E-state index in [9.17, 15) is 4.79 Å². The minimum absolute atomic E-state index is 0.0630. The van der Waals surface area contributed by atoms with Gasteiger partial charge in [0, 0.05) is 28.9 Å². The number of halogens is 1. The first-order chi connectivity index (χ1) is 11.1. The number of carbonyl (C=O) groups excluding carboxylic acids is 1. The molecular weight excluding hydrogens is 378 g/mol. The molecule has 1 amide bonds. The highest BCUT2D eigenvalue weighted by molar-refractivity contribution is 9.11. The zero-order valence-electron chi connectivity index (χ0n) is 12.8. The van der Waals surface area contributed by atoms with Gasteiger partial charge in [-0.2, -0.15) is 0 Å². The van der Waals surface area contributed by atoms with Crippen LogP contribution in [0.25, 0.3) is 11.0 Å². The van der Waals surface area contributed by atoms with Crippen LogP contribution in [-0.4, -0.2) is 25.0 Å². The number of thiophene rings is 1. The molecular formula is C17H16BrNO3S. The summed E-state index contributed by atoms with van der Waals surface area (Å²) in [6.45, 7) is 0.610. The SMILES string of the molecule is COc1ccc2c(CC(=O)N(C)Cc3ccc(Br)s3)coc2c1. The highest BCUT2D eigenvalue weighted by Gasteiger charge is 2.15. The van der Waals surface area contributed by atoms with Crippen LogP contribution in [0.1, 0.15) is 10.4 Å². The van der Waals surface area contributed by atoms with E-state index in [-0.39, 0.29) is 5.91 Å². The summed E-state index contributed by atoms with van der Waals surface area (Å²) in [6.07, 6.45) is 1.97. The van der Waals surface area contributed by atoms with Crippen molar-refractivity contribution in [2.75, 3.05) is 14.2 Å². The highest BCUT2D eigenvalue weighted by Crippen LogP contribution is 2.27. The van der Waals surface area contributed by atoms with Crippen molar-refractivity contribution in [3.63, 3.8) is 0 Å². The first-order valence-corrected chi connectivity index (χ1v) is 8.70. The molecule has 3 aromatic rings. The van der Waals surface area contributed by atoms with Crippen LogP contribution >= 0.6 is 27.3 Å². The number of rotatable bonds is 5. The van der Waals surface area contributed by atoms with E-state index in [2.05, 4.69) is 15.9 Å². The van der Waals surface area contributed by atoms with Crippen LogP contribution in [0.5, 0.6) is 5.75 Å². The number of furan rings is 1. The zero-order chi connectivity index (χ0) is 16.4. The summed E-state index contributed by atoms with van der Waals surface area (Å²) in [5, 5.41) is 0.950. The quantitative estimate of drug-likeness (QED) is 0.642. The monoisotopic (exact) mass is 393 g/mol. The van der Waals surface area contributed by atoms with Crippen LogP contribution in [0, 0.1) is 0 Å². The van der Waals surface area contributed by atoms with Gasteiger partial charge in [-0.05, 0) is 40.2 Å². The summed E-state index contributed by atoms with van der Waals surface area (Å²) in [7, 11) is 3.44. The van der Waals surface area contributed by atoms with Crippen molar-refractivity contribution in [3.05, 3.63) is 50.8 Å². The molecule has 23 heavy (non-hydrogen) atoms. The van der Waals surface area contributed by atoms with Crippen LogP contribution < -0.4 is 4.74 Å². The van der Waals surface area contributed by atoms with E-state index < -0.39 is 0 Å². The highest BCUT2D eigenvalue weighted by atomic mass is 79.9. The van der Waals surface area contributed by atoms with Crippen LogP contribution in [0.2, 0.25) is 0 Å². The van der Waals surface area contributed by atoms with Crippen molar-refractivity contribution in [2.24, 2.45) is 0 Å². The molecule has 0 aliphatic rings. The number of methoxy groups -OCH3 is 1. The Morgan fingerprint density at radius 1 is 1.35 bits per heavy atom. The standard InChI is InChI=1S/C17H16BrNO3S/c1-19(9-13-4-6-16(18)23-13)17(20)7-11-10-22-15-8-12(21-2)3-5-14(11)15/h3-6,8,10H,7,9H2,1-2H3. The molecule has 4 nitrogen and oxygen atoms in total. The number of ether oxygens (including phenoxy) is 1. The van der Waals surface area contributed by atoms with Gasteiger partial charge in [0.1, 0.15) is 11.3 Å². The van der Waals surface area contributed by atoms with E-state index >= 15 is 0 Å². The average Bonchev–Trinajstić information content (AvgIpc) is 3.13. The number of fused-ring (bicyclic) bond motifs is 1. The number of hydrogen-bond acceptors (Lipinski definition) is 4. The van der Waals surface area contributed by atoms with Crippen LogP contribution in [0.4, 0.5) is 0 Å². The van der Waals surface area contributed by atoms with Gasteiger partial charge in [-0.15, -0.1) is 11.3 Å². The molecule has 0 spiro atoms. The molecule has 0 N–H and O–H groups in total. The summed E-state index contributed by atoms with van der Waals surface area (Å²) < 4.78 is 11.8. The molecule has 6 heteroatoms. The number of benzene rings is 1. The Hall–Kier alpha value is -1.79. The first-order valence-electron chi connectivity index (χ1n) is 7.09. The normalized spacial score (nSPS) is 10.9. The predicted octanol–water partition coefficient (Wildman–Crippen LogP) is 4.47. The van der Waals surface area contributed by atoms with Gasteiger partial charge in [-0.3, -0.25) is 4.79 Å². The Balaban J connectivity index is 1.72. The molecule has 0 saturated carbocycles. The molecule has 0 bridgehead atoms. The number of hydrogen-bond donors (Lipinski definition) is 0. The Bertz CT molecular complexity index is 839. The Morgan fingerprint density at radius 2 is 2.17 bits per heavy atom. The molecule has 2 heterocycles. The third-order valence-corrected chi connectivity index (χ3v) is 5.26. The minimum Gasteiger partial charge on any atom is -0.497 e. The Kier molecular flexibility index (Phi) is 4.73. The fraction of sp³-hybridized carbons (Fsp3) is 0.235.